The Morgan fingerprint density at radius 2 is 2.10 bits per heavy atom. The molecule has 0 saturated heterocycles. The fourth-order valence-corrected chi connectivity index (χ4v) is 5.54. The molecule has 0 N–H and O–H groups in total. The number of carbonyl (C=O) groups is 1. The van der Waals surface area contributed by atoms with E-state index < -0.39 is 0 Å². The largest absolute Gasteiger partial charge is 0.467 e. The summed E-state index contributed by atoms with van der Waals surface area (Å²) in [7, 11) is 0. The maximum absolute atomic E-state index is 14.0. The first-order valence-corrected chi connectivity index (χ1v) is 11.0. The van der Waals surface area contributed by atoms with Gasteiger partial charge in [0.15, 0.2) is 6.79 Å². The van der Waals surface area contributed by atoms with Crippen molar-refractivity contribution in [2.75, 3.05) is 6.79 Å². The molecule has 0 radical (unpaired) electrons. The van der Waals surface area contributed by atoms with E-state index in [0.29, 0.717) is 16.9 Å². The molecular weight excluding hydrogens is 405 g/mol. The van der Waals surface area contributed by atoms with Crippen LogP contribution >= 0.6 is 11.3 Å². The number of carbonyl (C=O) groups excluding carboxylic acids is 1. The molecule has 7 heteroatoms. The lowest BCUT2D eigenvalue weighted by Crippen LogP contribution is -2.27. The number of para-hydroxylation sites is 1. The highest BCUT2D eigenvalue weighted by Gasteiger charge is 2.35. The Morgan fingerprint density at radius 1 is 1.23 bits per heavy atom. The van der Waals surface area contributed by atoms with Crippen molar-refractivity contribution in [1.29, 1.82) is 0 Å². The maximum Gasteiger partial charge on any atom is 0.309 e. The molecular formula is C23H22FNO4S. The molecule has 1 saturated carbocycles. The van der Waals surface area contributed by atoms with Gasteiger partial charge in [-0.15, -0.1) is 11.3 Å². The van der Waals surface area contributed by atoms with Crippen LogP contribution in [-0.2, 0) is 27.5 Å². The SMILES string of the molecule is O=C(OCc1cc(F)cc2c1OCOC2)C1CCCCC1c1nc2ccccc2s1. The minimum absolute atomic E-state index is 0.0119. The number of ether oxygens (including phenoxy) is 3. The summed E-state index contributed by atoms with van der Waals surface area (Å²) in [4.78, 5) is 17.8. The van der Waals surface area contributed by atoms with Gasteiger partial charge in [-0.3, -0.25) is 4.79 Å². The van der Waals surface area contributed by atoms with E-state index in [1.54, 1.807) is 11.3 Å². The molecule has 0 bridgehead atoms. The Balaban J connectivity index is 1.34. The van der Waals surface area contributed by atoms with Gasteiger partial charge < -0.3 is 14.2 Å². The van der Waals surface area contributed by atoms with Gasteiger partial charge in [0.25, 0.3) is 0 Å². The number of esters is 1. The molecule has 2 unspecified atom stereocenters. The third-order valence-electron chi connectivity index (χ3n) is 5.82. The van der Waals surface area contributed by atoms with Gasteiger partial charge in [-0.2, -0.15) is 0 Å². The van der Waals surface area contributed by atoms with Gasteiger partial charge in [0.2, 0.25) is 0 Å². The Morgan fingerprint density at radius 3 is 3.00 bits per heavy atom. The monoisotopic (exact) mass is 427 g/mol. The van der Waals surface area contributed by atoms with Crippen LogP contribution in [0.2, 0.25) is 0 Å². The molecule has 0 amide bonds. The Kier molecular flexibility index (Phi) is 5.39. The van der Waals surface area contributed by atoms with E-state index in [1.807, 2.05) is 18.2 Å². The Bertz CT molecular complexity index is 1050. The van der Waals surface area contributed by atoms with Crippen LogP contribution in [0.25, 0.3) is 10.2 Å². The maximum atomic E-state index is 14.0. The molecule has 2 atom stereocenters. The Hall–Kier alpha value is -2.51. The van der Waals surface area contributed by atoms with Crippen molar-refractivity contribution < 1.29 is 23.4 Å². The minimum Gasteiger partial charge on any atom is -0.467 e. The molecule has 2 heterocycles. The van der Waals surface area contributed by atoms with E-state index in [1.165, 1.54) is 12.1 Å². The molecule has 0 spiro atoms. The second kappa shape index (κ2) is 8.32. The predicted molar refractivity (Wildman–Crippen MR) is 111 cm³/mol. The molecule has 1 aromatic heterocycles. The number of rotatable bonds is 4. The smallest absolute Gasteiger partial charge is 0.309 e. The second-order valence-corrected chi connectivity index (χ2v) is 8.85. The fraction of sp³-hybridized carbons (Fsp3) is 0.391. The minimum atomic E-state index is -0.390. The summed E-state index contributed by atoms with van der Waals surface area (Å²) in [5, 5.41) is 1.00. The highest BCUT2D eigenvalue weighted by molar-refractivity contribution is 7.18. The van der Waals surface area contributed by atoms with Crippen LogP contribution in [0, 0.1) is 11.7 Å². The van der Waals surface area contributed by atoms with E-state index in [0.717, 1.165) is 40.9 Å². The number of benzene rings is 2. The number of hydrogen-bond donors (Lipinski definition) is 0. The molecule has 3 aromatic rings. The van der Waals surface area contributed by atoms with Crippen LogP contribution in [-0.4, -0.2) is 17.7 Å². The van der Waals surface area contributed by atoms with Crippen molar-refractivity contribution in [1.82, 2.24) is 4.98 Å². The summed E-state index contributed by atoms with van der Waals surface area (Å²) in [6.45, 7) is 0.389. The molecule has 1 fully saturated rings. The normalized spacial score (nSPS) is 21.1. The zero-order valence-corrected chi connectivity index (χ0v) is 17.3. The summed E-state index contributed by atoms with van der Waals surface area (Å²) in [6.07, 6.45) is 3.78. The first-order chi connectivity index (χ1) is 14.7. The average molecular weight is 427 g/mol. The highest BCUT2D eigenvalue weighted by Crippen LogP contribution is 2.41. The summed E-state index contributed by atoms with van der Waals surface area (Å²) >= 11 is 1.66. The van der Waals surface area contributed by atoms with E-state index >= 15 is 0 Å². The van der Waals surface area contributed by atoms with E-state index in [-0.39, 0.29) is 43.6 Å². The van der Waals surface area contributed by atoms with Gasteiger partial charge in [-0.1, -0.05) is 25.0 Å². The van der Waals surface area contributed by atoms with Crippen LogP contribution in [0.5, 0.6) is 5.75 Å². The van der Waals surface area contributed by atoms with Crippen molar-refractivity contribution in [2.24, 2.45) is 5.92 Å². The van der Waals surface area contributed by atoms with Crippen molar-refractivity contribution in [3.63, 3.8) is 0 Å². The van der Waals surface area contributed by atoms with E-state index in [4.69, 9.17) is 19.2 Å². The van der Waals surface area contributed by atoms with Gasteiger partial charge >= 0.3 is 5.97 Å². The number of halogens is 1. The zero-order chi connectivity index (χ0) is 20.5. The molecule has 156 valence electrons. The van der Waals surface area contributed by atoms with Crippen molar-refractivity contribution in [3.05, 3.63) is 58.3 Å². The average Bonchev–Trinajstić information content (AvgIpc) is 3.21. The lowest BCUT2D eigenvalue weighted by Gasteiger charge is -2.28. The Labute approximate surface area is 177 Å². The summed E-state index contributed by atoms with van der Waals surface area (Å²) in [6, 6.07) is 10.8. The molecule has 5 nitrogen and oxygen atoms in total. The standard InChI is InChI=1S/C23H22FNO4S/c24-16-9-14-11-27-13-29-21(14)15(10-16)12-28-23(26)18-6-2-1-5-17(18)22-25-19-7-3-4-8-20(19)30-22/h3-4,7-10,17-18H,1-2,5-6,11-13H2. The number of aromatic nitrogens is 1. The lowest BCUT2D eigenvalue weighted by atomic mass is 9.79. The third-order valence-corrected chi connectivity index (χ3v) is 6.99. The first-order valence-electron chi connectivity index (χ1n) is 10.2. The predicted octanol–water partition coefficient (Wildman–Crippen LogP) is 5.32. The number of fused-ring (bicyclic) bond motifs is 2. The zero-order valence-electron chi connectivity index (χ0n) is 16.4. The van der Waals surface area contributed by atoms with Crippen molar-refractivity contribution in [3.8, 4) is 5.75 Å². The van der Waals surface area contributed by atoms with Crippen molar-refractivity contribution in [2.45, 2.75) is 44.8 Å². The fourth-order valence-electron chi connectivity index (χ4n) is 4.38. The highest BCUT2D eigenvalue weighted by atomic mass is 32.1. The van der Waals surface area contributed by atoms with Gasteiger partial charge in [0.1, 0.15) is 18.2 Å². The lowest BCUT2D eigenvalue weighted by molar-refractivity contribution is -0.151. The van der Waals surface area contributed by atoms with Gasteiger partial charge in [0, 0.05) is 17.0 Å². The number of hydrogen-bond acceptors (Lipinski definition) is 6. The molecule has 1 aliphatic heterocycles. The van der Waals surface area contributed by atoms with Crippen molar-refractivity contribution >= 4 is 27.5 Å². The van der Waals surface area contributed by atoms with E-state index in [9.17, 15) is 9.18 Å². The van der Waals surface area contributed by atoms with Gasteiger partial charge in [-0.25, -0.2) is 9.37 Å². The summed E-state index contributed by atoms with van der Waals surface area (Å²) < 4.78 is 31.5. The molecule has 1 aliphatic carbocycles. The molecule has 2 aromatic carbocycles. The molecule has 2 aliphatic rings. The first kappa shape index (κ1) is 19.5. The van der Waals surface area contributed by atoms with E-state index in [2.05, 4.69) is 6.07 Å². The van der Waals surface area contributed by atoms with Crippen LogP contribution in [0.15, 0.2) is 36.4 Å². The number of thiazole rings is 1. The topological polar surface area (TPSA) is 57.7 Å². The number of nitrogens with zero attached hydrogens (tertiary/aromatic N) is 1. The third kappa shape index (κ3) is 3.79. The molecule has 30 heavy (non-hydrogen) atoms. The summed E-state index contributed by atoms with van der Waals surface area (Å²) in [5.74, 6) is -0.243. The quantitative estimate of drug-likeness (QED) is 0.528. The van der Waals surface area contributed by atoms with Crippen LogP contribution in [0.4, 0.5) is 4.39 Å². The van der Waals surface area contributed by atoms with Crippen LogP contribution in [0.1, 0.15) is 47.7 Å². The summed E-state index contributed by atoms with van der Waals surface area (Å²) in [5.41, 5.74) is 2.15. The van der Waals surface area contributed by atoms with Crippen LogP contribution < -0.4 is 4.74 Å². The second-order valence-electron chi connectivity index (χ2n) is 7.79. The van der Waals surface area contributed by atoms with Crippen LogP contribution in [0.3, 0.4) is 0 Å². The van der Waals surface area contributed by atoms with Gasteiger partial charge in [0.05, 0.1) is 27.7 Å². The van der Waals surface area contributed by atoms with Gasteiger partial charge in [-0.05, 0) is 37.1 Å². The molecule has 5 rings (SSSR count).